The van der Waals surface area contributed by atoms with Gasteiger partial charge in [0.2, 0.25) is 0 Å². The molecule has 4 nitrogen and oxygen atoms in total. The SMILES string of the molecule is CC(F)C(C)n1ccc(N)nc1=O. The Morgan fingerprint density at radius 1 is 1.62 bits per heavy atom. The fourth-order valence-corrected chi connectivity index (χ4v) is 0.957. The molecule has 0 aromatic carbocycles. The highest BCUT2D eigenvalue weighted by Gasteiger charge is 2.13. The first-order valence-electron chi connectivity index (χ1n) is 4.01. The number of rotatable bonds is 2. The van der Waals surface area contributed by atoms with Crippen LogP contribution in [0.2, 0.25) is 0 Å². The number of nitrogens with two attached hydrogens (primary N) is 1. The van der Waals surface area contributed by atoms with E-state index in [0.29, 0.717) is 0 Å². The highest BCUT2D eigenvalue weighted by atomic mass is 19.1. The zero-order chi connectivity index (χ0) is 10.0. The van der Waals surface area contributed by atoms with Crippen LogP contribution >= 0.6 is 0 Å². The fraction of sp³-hybridized carbons (Fsp3) is 0.500. The van der Waals surface area contributed by atoms with E-state index in [1.54, 1.807) is 6.92 Å². The van der Waals surface area contributed by atoms with Crippen LogP contribution in [0.25, 0.3) is 0 Å². The molecule has 1 aromatic heterocycles. The molecule has 1 aromatic rings. The summed E-state index contributed by atoms with van der Waals surface area (Å²) in [5.74, 6) is 0.153. The summed E-state index contributed by atoms with van der Waals surface area (Å²) in [6, 6.07) is 0.959. The van der Waals surface area contributed by atoms with E-state index in [1.165, 1.54) is 23.8 Å². The molecular formula is C8H12FN3O. The van der Waals surface area contributed by atoms with Gasteiger partial charge in [0.25, 0.3) is 0 Å². The Morgan fingerprint density at radius 2 is 2.23 bits per heavy atom. The van der Waals surface area contributed by atoms with Crippen LogP contribution in [0.4, 0.5) is 10.2 Å². The minimum absolute atomic E-state index is 0.153. The van der Waals surface area contributed by atoms with Gasteiger partial charge >= 0.3 is 5.69 Å². The minimum Gasteiger partial charge on any atom is -0.383 e. The quantitative estimate of drug-likeness (QED) is 0.739. The van der Waals surface area contributed by atoms with Crippen LogP contribution in [0.15, 0.2) is 17.1 Å². The lowest BCUT2D eigenvalue weighted by molar-refractivity contribution is 0.259. The number of aromatic nitrogens is 2. The number of hydrogen-bond acceptors (Lipinski definition) is 3. The molecule has 2 atom stereocenters. The van der Waals surface area contributed by atoms with Crippen molar-refractivity contribution in [3.05, 3.63) is 22.7 Å². The molecule has 0 fully saturated rings. The average molecular weight is 185 g/mol. The molecule has 5 heteroatoms. The Labute approximate surface area is 75.2 Å². The maximum Gasteiger partial charge on any atom is 0.349 e. The van der Waals surface area contributed by atoms with E-state index in [1.807, 2.05) is 0 Å². The number of nitrogen functional groups attached to an aromatic ring is 1. The highest BCUT2D eigenvalue weighted by molar-refractivity contribution is 5.23. The molecule has 1 rings (SSSR count). The first-order valence-corrected chi connectivity index (χ1v) is 4.01. The van der Waals surface area contributed by atoms with Crippen molar-refractivity contribution in [3.63, 3.8) is 0 Å². The van der Waals surface area contributed by atoms with Crippen LogP contribution in [0.1, 0.15) is 19.9 Å². The predicted molar refractivity (Wildman–Crippen MR) is 48.2 cm³/mol. The summed E-state index contributed by atoms with van der Waals surface area (Å²) >= 11 is 0. The zero-order valence-corrected chi connectivity index (χ0v) is 7.57. The number of nitrogens with zero attached hydrogens (tertiary/aromatic N) is 2. The van der Waals surface area contributed by atoms with E-state index in [9.17, 15) is 9.18 Å². The number of alkyl halides is 1. The first kappa shape index (κ1) is 9.70. The van der Waals surface area contributed by atoms with Gasteiger partial charge in [-0.25, -0.2) is 9.18 Å². The zero-order valence-electron chi connectivity index (χ0n) is 7.57. The van der Waals surface area contributed by atoms with Crippen molar-refractivity contribution in [2.24, 2.45) is 0 Å². The van der Waals surface area contributed by atoms with Crippen molar-refractivity contribution in [2.75, 3.05) is 5.73 Å². The van der Waals surface area contributed by atoms with Gasteiger partial charge in [0.15, 0.2) is 0 Å². The Hall–Kier alpha value is -1.39. The molecule has 0 aliphatic rings. The average Bonchev–Trinajstić information content (AvgIpc) is 2.03. The predicted octanol–water partition coefficient (Wildman–Crippen LogP) is 0.744. The van der Waals surface area contributed by atoms with Crippen LogP contribution in [-0.4, -0.2) is 15.7 Å². The second kappa shape index (κ2) is 3.55. The maximum atomic E-state index is 12.8. The van der Waals surface area contributed by atoms with Crippen molar-refractivity contribution in [1.82, 2.24) is 9.55 Å². The van der Waals surface area contributed by atoms with Crippen molar-refractivity contribution in [2.45, 2.75) is 26.1 Å². The van der Waals surface area contributed by atoms with Crippen molar-refractivity contribution >= 4 is 5.82 Å². The van der Waals surface area contributed by atoms with Gasteiger partial charge < -0.3 is 5.73 Å². The smallest absolute Gasteiger partial charge is 0.349 e. The van der Waals surface area contributed by atoms with Crippen LogP contribution < -0.4 is 11.4 Å². The van der Waals surface area contributed by atoms with E-state index in [-0.39, 0.29) is 5.82 Å². The standard InChI is InChI=1S/C8H12FN3O/c1-5(9)6(2)12-4-3-7(10)11-8(12)13/h3-6H,1-2H3,(H2,10,11,13). The molecule has 0 amide bonds. The van der Waals surface area contributed by atoms with E-state index >= 15 is 0 Å². The minimum atomic E-state index is -1.09. The number of anilines is 1. The van der Waals surface area contributed by atoms with Gasteiger partial charge in [-0.15, -0.1) is 0 Å². The fourth-order valence-electron chi connectivity index (χ4n) is 0.957. The molecule has 0 radical (unpaired) electrons. The molecule has 0 saturated carbocycles. The second-order valence-corrected chi connectivity index (χ2v) is 2.96. The molecule has 0 bridgehead atoms. The van der Waals surface area contributed by atoms with Crippen LogP contribution in [-0.2, 0) is 0 Å². The third kappa shape index (κ3) is 2.05. The maximum absolute atomic E-state index is 12.8. The topological polar surface area (TPSA) is 60.9 Å². The molecule has 2 unspecified atom stereocenters. The molecule has 0 saturated heterocycles. The molecule has 0 aliphatic heterocycles. The number of hydrogen-bond donors (Lipinski definition) is 1. The summed E-state index contributed by atoms with van der Waals surface area (Å²) in [7, 11) is 0. The largest absolute Gasteiger partial charge is 0.383 e. The number of halogens is 1. The lowest BCUT2D eigenvalue weighted by atomic mass is 10.2. The van der Waals surface area contributed by atoms with E-state index < -0.39 is 17.9 Å². The summed E-state index contributed by atoms with van der Waals surface area (Å²) in [5.41, 5.74) is 4.77. The normalized spacial score (nSPS) is 15.3. The lowest BCUT2D eigenvalue weighted by Gasteiger charge is -2.15. The molecular weight excluding hydrogens is 173 g/mol. The van der Waals surface area contributed by atoms with Gasteiger partial charge in [-0.3, -0.25) is 4.57 Å². The van der Waals surface area contributed by atoms with Crippen molar-refractivity contribution < 1.29 is 4.39 Å². The second-order valence-electron chi connectivity index (χ2n) is 2.96. The van der Waals surface area contributed by atoms with Gasteiger partial charge in [0, 0.05) is 6.20 Å². The summed E-state index contributed by atoms with van der Waals surface area (Å²) in [6.45, 7) is 3.01. The Bertz CT molecular complexity index is 347. The van der Waals surface area contributed by atoms with Gasteiger partial charge in [0.1, 0.15) is 12.0 Å². The summed E-state index contributed by atoms with van der Waals surface area (Å²) < 4.78 is 14.1. The van der Waals surface area contributed by atoms with E-state index in [4.69, 9.17) is 5.73 Å². The molecule has 1 heterocycles. The molecule has 13 heavy (non-hydrogen) atoms. The van der Waals surface area contributed by atoms with Crippen LogP contribution in [0, 0.1) is 0 Å². The third-order valence-electron chi connectivity index (χ3n) is 1.96. The van der Waals surface area contributed by atoms with Crippen LogP contribution in [0.5, 0.6) is 0 Å². The summed E-state index contributed by atoms with van der Waals surface area (Å²) in [6.07, 6.45) is 0.355. The first-order chi connectivity index (χ1) is 6.02. The van der Waals surface area contributed by atoms with E-state index in [2.05, 4.69) is 4.98 Å². The molecule has 2 N–H and O–H groups in total. The monoisotopic (exact) mass is 185 g/mol. The Balaban J connectivity index is 3.09. The molecule has 0 spiro atoms. The lowest BCUT2D eigenvalue weighted by Crippen LogP contribution is -2.29. The van der Waals surface area contributed by atoms with Crippen LogP contribution in [0.3, 0.4) is 0 Å². The van der Waals surface area contributed by atoms with Gasteiger partial charge in [0.05, 0.1) is 6.04 Å². The van der Waals surface area contributed by atoms with Crippen molar-refractivity contribution in [1.29, 1.82) is 0 Å². The highest BCUT2D eigenvalue weighted by Crippen LogP contribution is 2.10. The van der Waals surface area contributed by atoms with E-state index in [0.717, 1.165) is 0 Å². The summed E-state index contributed by atoms with van der Waals surface area (Å²) in [4.78, 5) is 14.7. The summed E-state index contributed by atoms with van der Waals surface area (Å²) in [5, 5.41) is 0. The molecule has 72 valence electrons. The van der Waals surface area contributed by atoms with Gasteiger partial charge in [-0.2, -0.15) is 4.98 Å². The Kier molecular flexibility index (Phi) is 2.65. The Morgan fingerprint density at radius 3 is 2.69 bits per heavy atom. The third-order valence-corrected chi connectivity index (χ3v) is 1.96. The van der Waals surface area contributed by atoms with Gasteiger partial charge in [-0.05, 0) is 19.9 Å². The van der Waals surface area contributed by atoms with Gasteiger partial charge in [-0.1, -0.05) is 0 Å². The molecule has 0 aliphatic carbocycles. The van der Waals surface area contributed by atoms with Crippen molar-refractivity contribution in [3.8, 4) is 0 Å².